The highest BCUT2D eigenvalue weighted by Crippen LogP contribution is 2.45. The van der Waals surface area contributed by atoms with Crippen LogP contribution in [0, 0.1) is 0 Å². The third-order valence-electron chi connectivity index (χ3n) is 8.07. The molecule has 2 fully saturated rings. The molecule has 2 saturated carbocycles. The summed E-state index contributed by atoms with van der Waals surface area (Å²) in [6, 6.07) is 2.59. The number of carbonyl (C=O) groups is 2. The zero-order valence-corrected chi connectivity index (χ0v) is 22.8. The van der Waals surface area contributed by atoms with Crippen molar-refractivity contribution in [1.82, 2.24) is 34.0 Å². The van der Waals surface area contributed by atoms with Gasteiger partial charge in [-0.2, -0.15) is 0 Å². The van der Waals surface area contributed by atoms with Crippen LogP contribution in [0.1, 0.15) is 68.2 Å². The largest absolute Gasteiger partial charge is 0.453 e. The lowest BCUT2D eigenvalue weighted by Crippen LogP contribution is -2.53. The van der Waals surface area contributed by atoms with Gasteiger partial charge in [0.05, 0.1) is 43.0 Å². The standard InChI is InChI=1S/C27H32FN9O5/c1-13(38)22-17-6-7-20(34-37(17)24(33-22)27(23(29)39)10-14(28)11-27)32-21-9-18-19(12-30-21)35(2)26(41)36(18)16-5-4-15(8-16)31-25(40)42-3/h6-7,9,12-16,38H,4-5,8,10-11H2,1-3H3,(H2,29,39)(H,31,40)(H,30,32,34)/t13?,14?,15-,16-,27?/m1/s1/i2D3,15D. The van der Waals surface area contributed by atoms with Crippen LogP contribution >= 0.6 is 0 Å². The number of aryl methyl sites for hydroxylation is 1. The van der Waals surface area contributed by atoms with Crippen LogP contribution in [0.25, 0.3) is 16.6 Å². The Kier molecular flexibility index (Phi) is 5.54. The van der Waals surface area contributed by atoms with Crippen molar-refractivity contribution in [3.8, 4) is 0 Å². The Morgan fingerprint density at radius 1 is 1.29 bits per heavy atom. The second-order valence-corrected chi connectivity index (χ2v) is 10.8. The number of anilines is 2. The van der Waals surface area contributed by atoms with Gasteiger partial charge in [0.25, 0.3) is 0 Å². The number of amides is 2. The average Bonchev–Trinajstić information content (AvgIpc) is 3.61. The highest BCUT2D eigenvalue weighted by Gasteiger charge is 2.54. The Balaban J connectivity index is 1.42. The van der Waals surface area contributed by atoms with Crippen LogP contribution in [-0.2, 0) is 21.9 Å². The van der Waals surface area contributed by atoms with Gasteiger partial charge in [0.15, 0.2) is 5.82 Å². The van der Waals surface area contributed by atoms with Gasteiger partial charge in [-0.1, -0.05) is 0 Å². The number of nitrogens with zero attached hydrogens (tertiary/aromatic N) is 6. The highest BCUT2D eigenvalue weighted by molar-refractivity contribution is 5.87. The number of carbonyl (C=O) groups excluding carboxylic acids is 2. The number of hydrogen-bond donors (Lipinski definition) is 4. The summed E-state index contributed by atoms with van der Waals surface area (Å²) >= 11 is 0. The number of primary amides is 1. The smallest absolute Gasteiger partial charge is 0.407 e. The number of aliphatic hydroxyl groups excluding tert-OH is 1. The number of alkyl carbamates (subject to hydrolysis) is 1. The summed E-state index contributed by atoms with van der Waals surface area (Å²) < 4.78 is 54.6. The maximum Gasteiger partial charge on any atom is 0.407 e. The minimum absolute atomic E-state index is 0.0157. The zero-order chi connectivity index (χ0) is 33.3. The van der Waals surface area contributed by atoms with Crippen LogP contribution in [0.2, 0.25) is 0 Å². The van der Waals surface area contributed by atoms with Crippen molar-refractivity contribution in [2.75, 3.05) is 12.4 Å². The third kappa shape index (κ3) is 4.35. The molecule has 15 heteroatoms. The number of pyridine rings is 1. The number of fused-ring (bicyclic) bond motifs is 2. The molecule has 0 radical (unpaired) electrons. The molecule has 0 aliphatic heterocycles. The van der Waals surface area contributed by atoms with Gasteiger partial charge in [0, 0.05) is 42.1 Å². The van der Waals surface area contributed by atoms with E-state index in [2.05, 4.69) is 30.4 Å². The molecule has 2 amide bonds. The lowest BCUT2D eigenvalue weighted by Gasteiger charge is -2.39. The van der Waals surface area contributed by atoms with Crippen molar-refractivity contribution in [2.45, 2.75) is 68.8 Å². The highest BCUT2D eigenvalue weighted by atomic mass is 19.1. The fourth-order valence-electron chi connectivity index (χ4n) is 5.90. The molecule has 4 heterocycles. The van der Waals surface area contributed by atoms with Crippen LogP contribution < -0.4 is 22.1 Å². The van der Waals surface area contributed by atoms with Crippen LogP contribution in [0.5, 0.6) is 0 Å². The van der Waals surface area contributed by atoms with E-state index >= 15 is 0 Å². The van der Waals surface area contributed by atoms with E-state index in [-0.39, 0.29) is 59.9 Å². The molecule has 0 saturated heterocycles. The molecule has 14 nitrogen and oxygen atoms in total. The van der Waals surface area contributed by atoms with E-state index in [0.717, 1.165) is 0 Å². The average molecular weight is 586 g/mol. The van der Waals surface area contributed by atoms with Crippen molar-refractivity contribution >= 4 is 40.2 Å². The number of hydrogen-bond acceptors (Lipinski definition) is 9. The van der Waals surface area contributed by atoms with Crippen molar-refractivity contribution in [2.24, 2.45) is 12.7 Å². The summed E-state index contributed by atoms with van der Waals surface area (Å²) in [5.41, 5.74) is 4.33. The fraction of sp³-hybridized carbons (Fsp3) is 0.481. The number of rotatable bonds is 7. The number of aromatic nitrogens is 6. The molecule has 1 unspecified atom stereocenters. The number of alkyl halides is 1. The number of aliphatic hydroxyl groups is 1. The van der Waals surface area contributed by atoms with Gasteiger partial charge >= 0.3 is 11.8 Å². The van der Waals surface area contributed by atoms with Crippen LogP contribution in [0.3, 0.4) is 0 Å². The molecule has 2 aliphatic carbocycles. The van der Waals surface area contributed by atoms with Gasteiger partial charge in [0.1, 0.15) is 23.2 Å². The number of halogens is 1. The van der Waals surface area contributed by atoms with E-state index in [0.29, 0.717) is 16.5 Å². The Hall–Kier alpha value is -4.53. The van der Waals surface area contributed by atoms with Crippen molar-refractivity contribution < 1.29 is 29.3 Å². The SMILES string of the molecule is [2H]C([2H])([2H])n1c(=O)n([C@@H]2CC[C@@]([2H])(NC(=O)OC)C2)c2cc(Nc3ccc4c(C(C)O)nc(C5(C(N)=O)CC(F)C5)n4n3)ncc21. The van der Waals surface area contributed by atoms with Crippen molar-refractivity contribution in [3.63, 3.8) is 0 Å². The van der Waals surface area contributed by atoms with Gasteiger partial charge in [-0.3, -0.25) is 13.9 Å². The lowest BCUT2D eigenvalue weighted by atomic mass is 9.66. The van der Waals surface area contributed by atoms with E-state index in [1.807, 2.05) is 0 Å². The first-order valence-electron chi connectivity index (χ1n) is 15.4. The molecule has 5 N–H and O–H groups in total. The molecule has 6 rings (SSSR count). The van der Waals surface area contributed by atoms with Crippen LogP contribution in [0.15, 0.2) is 29.2 Å². The molecule has 4 aromatic rings. The minimum Gasteiger partial charge on any atom is -0.453 e. The quantitative estimate of drug-likeness (QED) is 0.251. The Labute approximate surface area is 244 Å². The molecule has 0 aromatic carbocycles. The third-order valence-corrected chi connectivity index (χ3v) is 8.07. The first-order valence-corrected chi connectivity index (χ1v) is 13.4. The molecular weight excluding hydrogens is 549 g/mol. The lowest BCUT2D eigenvalue weighted by molar-refractivity contribution is -0.129. The van der Waals surface area contributed by atoms with E-state index < -0.39 is 54.4 Å². The van der Waals surface area contributed by atoms with Crippen LogP contribution in [-0.4, -0.2) is 65.1 Å². The zero-order valence-electron chi connectivity index (χ0n) is 26.8. The van der Waals surface area contributed by atoms with Gasteiger partial charge in [0.2, 0.25) is 5.91 Å². The van der Waals surface area contributed by atoms with Crippen molar-refractivity contribution in [1.29, 1.82) is 0 Å². The van der Waals surface area contributed by atoms with E-state index in [4.69, 9.17) is 11.2 Å². The summed E-state index contributed by atoms with van der Waals surface area (Å²) in [4.78, 5) is 46.7. The fourth-order valence-corrected chi connectivity index (χ4v) is 5.90. The van der Waals surface area contributed by atoms with E-state index in [1.54, 1.807) is 12.1 Å². The molecule has 0 bridgehead atoms. The van der Waals surface area contributed by atoms with E-state index in [1.165, 1.54) is 35.4 Å². The van der Waals surface area contributed by atoms with Gasteiger partial charge in [-0.05, 0) is 38.3 Å². The molecule has 2 aliphatic rings. The molecular formula is C27H32FN9O5. The predicted molar refractivity (Wildman–Crippen MR) is 149 cm³/mol. The Morgan fingerprint density at radius 3 is 2.74 bits per heavy atom. The first kappa shape index (κ1) is 23.1. The van der Waals surface area contributed by atoms with Gasteiger partial charge < -0.3 is 26.2 Å². The molecule has 4 aromatic heterocycles. The number of nitrogens with two attached hydrogens (primary N) is 1. The molecule has 0 spiro atoms. The second-order valence-electron chi connectivity index (χ2n) is 10.8. The Morgan fingerprint density at radius 2 is 2.07 bits per heavy atom. The first-order chi connectivity index (χ1) is 21.6. The monoisotopic (exact) mass is 585 g/mol. The maximum atomic E-state index is 14.1. The Bertz CT molecular complexity index is 1930. The summed E-state index contributed by atoms with van der Waals surface area (Å²) in [7, 11) is 1.18. The molecule has 42 heavy (non-hydrogen) atoms. The summed E-state index contributed by atoms with van der Waals surface area (Å²) in [5, 5.41) is 20.4. The van der Waals surface area contributed by atoms with Gasteiger partial charge in [-0.25, -0.2) is 28.5 Å². The predicted octanol–water partition coefficient (Wildman–Crippen LogP) is 1.88. The number of ether oxygens (including phenoxy) is 1. The van der Waals surface area contributed by atoms with E-state index in [9.17, 15) is 23.9 Å². The van der Waals surface area contributed by atoms with Crippen LogP contribution in [0.4, 0.5) is 20.8 Å². The molecule has 3 atom stereocenters. The number of nitrogens with one attached hydrogen (secondary N) is 2. The number of imidazole rings is 2. The summed E-state index contributed by atoms with van der Waals surface area (Å²) in [6.07, 6.45) is -1.67. The second kappa shape index (κ2) is 10.1. The normalized spacial score (nSPS) is 27.9. The number of methoxy groups -OCH3 is 1. The molecule has 222 valence electrons. The van der Waals surface area contributed by atoms with Gasteiger partial charge in [-0.15, -0.1) is 5.10 Å². The van der Waals surface area contributed by atoms with Crippen molar-refractivity contribution in [3.05, 3.63) is 46.4 Å². The minimum atomic E-state index is -2.83. The summed E-state index contributed by atoms with van der Waals surface area (Å²) in [5.74, 6) is -0.299. The topological polar surface area (TPSA) is 184 Å². The maximum absolute atomic E-state index is 14.1. The summed E-state index contributed by atoms with van der Waals surface area (Å²) in [6.45, 7) is -1.33.